The van der Waals surface area contributed by atoms with E-state index in [1.807, 2.05) is 30.3 Å². The van der Waals surface area contributed by atoms with Crippen molar-refractivity contribution in [3.05, 3.63) is 64.7 Å². The standard InChI is InChI=1S/C18H20ClNO3S/c1-13-16(19)8-5-9-17(13)24(22,23)20-12-18(21,15-10-11-15)14-6-3-2-4-7-14/h2-9,15,20-21H,10-12H2,1H3/t18-/m0/s1. The van der Waals surface area contributed by atoms with Crippen LogP contribution in [0.5, 0.6) is 0 Å². The molecule has 3 rings (SSSR count). The topological polar surface area (TPSA) is 66.4 Å². The summed E-state index contributed by atoms with van der Waals surface area (Å²) < 4.78 is 27.9. The Kier molecular flexibility index (Phi) is 4.71. The third-order valence-electron chi connectivity index (χ3n) is 4.57. The second-order valence-electron chi connectivity index (χ2n) is 6.25. The van der Waals surface area contributed by atoms with Gasteiger partial charge in [-0.3, -0.25) is 0 Å². The van der Waals surface area contributed by atoms with Crippen molar-refractivity contribution in [3.8, 4) is 0 Å². The molecule has 0 aromatic heterocycles. The average molecular weight is 366 g/mol. The fourth-order valence-corrected chi connectivity index (χ4v) is 4.50. The van der Waals surface area contributed by atoms with E-state index >= 15 is 0 Å². The Labute approximate surface area is 147 Å². The van der Waals surface area contributed by atoms with Gasteiger partial charge in [-0.15, -0.1) is 0 Å². The molecule has 1 aliphatic carbocycles. The normalized spacial score (nSPS) is 17.5. The lowest BCUT2D eigenvalue weighted by atomic mass is 9.89. The Morgan fingerprint density at radius 3 is 2.46 bits per heavy atom. The van der Waals surface area contributed by atoms with Crippen LogP contribution in [0.25, 0.3) is 0 Å². The van der Waals surface area contributed by atoms with Crippen molar-refractivity contribution in [2.45, 2.75) is 30.3 Å². The molecular weight excluding hydrogens is 346 g/mol. The molecule has 0 unspecified atom stereocenters. The van der Waals surface area contributed by atoms with Gasteiger partial charge < -0.3 is 5.11 Å². The van der Waals surface area contributed by atoms with E-state index in [-0.39, 0.29) is 17.4 Å². The summed E-state index contributed by atoms with van der Waals surface area (Å²) >= 11 is 6.02. The molecule has 24 heavy (non-hydrogen) atoms. The molecule has 1 atom stereocenters. The zero-order valence-corrected chi connectivity index (χ0v) is 14.9. The third-order valence-corrected chi connectivity index (χ3v) is 6.52. The summed E-state index contributed by atoms with van der Waals surface area (Å²) in [6.07, 6.45) is 1.78. The van der Waals surface area contributed by atoms with Gasteiger partial charge >= 0.3 is 0 Å². The Bertz CT molecular complexity index is 835. The van der Waals surface area contributed by atoms with Gasteiger partial charge in [0.25, 0.3) is 0 Å². The molecule has 0 aliphatic heterocycles. The molecular formula is C18H20ClNO3S. The molecule has 0 amide bonds. The highest BCUT2D eigenvalue weighted by atomic mass is 35.5. The van der Waals surface area contributed by atoms with Crippen LogP contribution < -0.4 is 4.72 Å². The first-order valence-corrected chi connectivity index (χ1v) is 9.73. The first-order chi connectivity index (χ1) is 11.3. The third kappa shape index (κ3) is 3.35. The number of hydrogen-bond acceptors (Lipinski definition) is 3. The Balaban J connectivity index is 1.86. The fourth-order valence-electron chi connectivity index (χ4n) is 2.93. The summed E-state index contributed by atoms with van der Waals surface area (Å²) in [7, 11) is -3.75. The highest BCUT2D eigenvalue weighted by molar-refractivity contribution is 7.89. The smallest absolute Gasteiger partial charge is 0.240 e. The monoisotopic (exact) mass is 365 g/mol. The minimum Gasteiger partial charge on any atom is -0.383 e. The summed E-state index contributed by atoms with van der Waals surface area (Å²) in [6.45, 7) is 1.61. The van der Waals surface area contributed by atoms with Crippen LogP contribution in [-0.4, -0.2) is 20.1 Å². The zero-order valence-electron chi connectivity index (χ0n) is 13.4. The largest absolute Gasteiger partial charge is 0.383 e. The van der Waals surface area contributed by atoms with Crippen LogP contribution in [0.4, 0.5) is 0 Å². The van der Waals surface area contributed by atoms with E-state index in [2.05, 4.69) is 4.72 Å². The van der Waals surface area contributed by atoms with Crippen molar-refractivity contribution in [2.75, 3.05) is 6.54 Å². The minimum absolute atomic E-state index is 0.0596. The first kappa shape index (κ1) is 17.4. The number of halogens is 1. The molecule has 0 radical (unpaired) electrons. The van der Waals surface area contributed by atoms with Crippen LogP contribution in [0.2, 0.25) is 5.02 Å². The van der Waals surface area contributed by atoms with Crippen molar-refractivity contribution in [3.63, 3.8) is 0 Å². The lowest BCUT2D eigenvalue weighted by Gasteiger charge is -2.29. The molecule has 2 N–H and O–H groups in total. The van der Waals surface area contributed by atoms with Gasteiger partial charge in [0.15, 0.2) is 0 Å². The SMILES string of the molecule is Cc1c(Cl)cccc1S(=O)(=O)NC[C@](O)(c1ccccc1)C1CC1. The van der Waals surface area contributed by atoms with Crippen LogP contribution >= 0.6 is 11.6 Å². The van der Waals surface area contributed by atoms with Crippen LogP contribution in [0.15, 0.2) is 53.4 Å². The van der Waals surface area contributed by atoms with E-state index in [0.717, 1.165) is 18.4 Å². The zero-order chi connectivity index (χ0) is 17.4. The van der Waals surface area contributed by atoms with E-state index in [1.54, 1.807) is 19.1 Å². The molecule has 2 aromatic carbocycles. The second-order valence-corrected chi connectivity index (χ2v) is 8.39. The van der Waals surface area contributed by atoms with Gasteiger partial charge in [-0.05, 0) is 48.9 Å². The van der Waals surface area contributed by atoms with Gasteiger partial charge in [0.05, 0.1) is 4.90 Å². The lowest BCUT2D eigenvalue weighted by molar-refractivity contribution is 0.0185. The predicted octanol–water partition coefficient (Wildman–Crippen LogP) is 3.22. The number of sulfonamides is 1. The first-order valence-electron chi connectivity index (χ1n) is 7.87. The van der Waals surface area contributed by atoms with Gasteiger partial charge in [0.1, 0.15) is 5.60 Å². The van der Waals surface area contributed by atoms with E-state index in [0.29, 0.717) is 10.6 Å². The number of benzene rings is 2. The lowest BCUT2D eigenvalue weighted by Crippen LogP contribution is -2.42. The fraction of sp³-hybridized carbons (Fsp3) is 0.333. The van der Waals surface area contributed by atoms with E-state index in [1.165, 1.54) is 6.07 Å². The number of hydrogen-bond donors (Lipinski definition) is 2. The molecule has 128 valence electrons. The predicted molar refractivity (Wildman–Crippen MR) is 94.4 cm³/mol. The molecule has 2 aromatic rings. The van der Waals surface area contributed by atoms with Gasteiger partial charge in [0, 0.05) is 11.6 Å². The van der Waals surface area contributed by atoms with Crippen LogP contribution in [0.3, 0.4) is 0 Å². The van der Waals surface area contributed by atoms with Crippen molar-refractivity contribution in [1.82, 2.24) is 4.72 Å². The van der Waals surface area contributed by atoms with Gasteiger partial charge in [-0.1, -0.05) is 48.0 Å². The van der Waals surface area contributed by atoms with E-state index < -0.39 is 15.6 Å². The Morgan fingerprint density at radius 1 is 1.17 bits per heavy atom. The highest BCUT2D eigenvalue weighted by Gasteiger charge is 2.45. The summed E-state index contributed by atoms with van der Waals surface area (Å²) in [5.74, 6) is 0.0723. The quantitative estimate of drug-likeness (QED) is 0.825. The summed E-state index contributed by atoms with van der Waals surface area (Å²) in [5.41, 5.74) is 0.0419. The minimum atomic E-state index is -3.75. The van der Waals surface area contributed by atoms with Crippen LogP contribution in [0.1, 0.15) is 24.0 Å². The highest BCUT2D eigenvalue weighted by Crippen LogP contribution is 2.45. The van der Waals surface area contributed by atoms with Gasteiger partial charge in [-0.2, -0.15) is 0 Å². The Morgan fingerprint density at radius 2 is 1.83 bits per heavy atom. The summed E-state index contributed by atoms with van der Waals surface area (Å²) in [5, 5.41) is 11.5. The Hall–Kier alpha value is -1.40. The summed E-state index contributed by atoms with van der Waals surface area (Å²) in [6, 6.07) is 14.0. The molecule has 1 saturated carbocycles. The van der Waals surface area contributed by atoms with Crippen LogP contribution in [-0.2, 0) is 15.6 Å². The summed E-state index contributed by atoms with van der Waals surface area (Å²) in [4.78, 5) is 0.140. The average Bonchev–Trinajstić information content (AvgIpc) is 3.41. The van der Waals surface area contributed by atoms with Gasteiger partial charge in [-0.25, -0.2) is 13.1 Å². The maximum atomic E-state index is 12.6. The molecule has 0 bridgehead atoms. The molecule has 1 aliphatic rings. The second kappa shape index (κ2) is 6.48. The maximum absolute atomic E-state index is 12.6. The molecule has 0 heterocycles. The molecule has 6 heteroatoms. The van der Waals surface area contributed by atoms with E-state index in [4.69, 9.17) is 11.6 Å². The number of aliphatic hydroxyl groups is 1. The van der Waals surface area contributed by atoms with Crippen molar-refractivity contribution >= 4 is 21.6 Å². The van der Waals surface area contributed by atoms with Crippen molar-refractivity contribution in [1.29, 1.82) is 0 Å². The van der Waals surface area contributed by atoms with Gasteiger partial charge in [0.2, 0.25) is 10.0 Å². The molecule has 0 spiro atoms. The molecule has 0 saturated heterocycles. The van der Waals surface area contributed by atoms with E-state index in [9.17, 15) is 13.5 Å². The van der Waals surface area contributed by atoms with Crippen LogP contribution in [0, 0.1) is 12.8 Å². The van der Waals surface area contributed by atoms with Crippen molar-refractivity contribution < 1.29 is 13.5 Å². The number of nitrogens with one attached hydrogen (secondary N) is 1. The molecule has 4 nitrogen and oxygen atoms in total. The molecule has 1 fully saturated rings. The van der Waals surface area contributed by atoms with Crippen molar-refractivity contribution in [2.24, 2.45) is 5.92 Å². The number of rotatable bonds is 6. The maximum Gasteiger partial charge on any atom is 0.240 e.